The van der Waals surface area contributed by atoms with Crippen LogP contribution in [-0.4, -0.2) is 23.1 Å². The van der Waals surface area contributed by atoms with Gasteiger partial charge in [0.1, 0.15) is 0 Å². The number of H-pyrrole nitrogens is 1. The lowest BCUT2D eigenvalue weighted by Crippen LogP contribution is -2.33. The molecule has 0 atom stereocenters. The Labute approximate surface area is 121 Å². The van der Waals surface area contributed by atoms with Crippen LogP contribution in [0, 0.1) is 9.49 Å². The highest BCUT2D eigenvalue weighted by molar-refractivity contribution is 14.1. The molecule has 0 radical (unpaired) electrons. The lowest BCUT2D eigenvalue weighted by atomic mass is 10.1. The molecule has 5 heteroatoms. The highest BCUT2D eigenvalue weighted by atomic mass is 127. The maximum atomic E-state index is 12.0. The van der Waals surface area contributed by atoms with Crippen molar-refractivity contribution in [3.8, 4) is 0 Å². The van der Waals surface area contributed by atoms with Crippen molar-refractivity contribution >= 4 is 28.5 Å². The SMILES string of the molecule is CC(C)Cc1nc(N2CCCCC2)[nH]c(=O)c1I. The molecule has 1 aliphatic rings. The fourth-order valence-electron chi connectivity index (χ4n) is 2.27. The maximum Gasteiger partial charge on any atom is 0.266 e. The van der Waals surface area contributed by atoms with E-state index < -0.39 is 0 Å². The van der Waals surface area contributed by atoms with E-state index in [0.717, 1.165) is 34.7 Å². The Bertz CT molecular complexity index is 464. The van der Waals surface area contributed by atoms with Gasteiger partial charge >= 0.3 is 0 Å². The topological polar surface area (TPSA) is 49.0 Å². The normalized spacial score (nSPS) is 16.3. The Morgan fingerprint density at radius 2 is 2.00 bits per heavy atom. The number of rotatable bonds is 3. The number of halogens is 1. The number of nitrogens with zero attached hydrogens (tertiary/aromatic N) is 2. The van der Waals surface area contributed by atoms with Crippen molar-refractivity contribution in [1.29, 1.82) is 0 Å². The summed E-state index contributed by atoms with van der Waals surface area (Å²) in [6.07, 6.45) is 4.53. The van der Waals surface area contributed by atoms with Gasteiger partial charge in [-0.25, -0.2) is 4.98 Å². The van der Waals surface area contributed by atoms with Crippen LogP contribution >= 0.6 is 22.6 Å². The van der Waals surface area contributed by atoms with Crippen LogP contribution in [0.15, 0.2) is 4.79 Å². The van der Waals surface area contributed by atoms with Crippen LogP contribution in [0.25, 0.3) is 0 Å². The molecule has 0 spiro atoms. The van der Waals surface area contributed by atoms with Gasteiger partial charge in [0, 0.05) is 13.1 Å². The standard InChI is InChI=1S/C13H20IN3O/c1-9(2)8-10-11(14)12(18)16-13(15-10)17-6-4-3-5-7-17/h9H,3-8H2,1-2H3,(H,15,16,18). The number of hydrogen-bond donors (Lipinski definition) is 1. The second-order valence-corrected chi connectivity index (χ2v) is 6.37. The summed E-state index contributed by atoms with van der Waals surface area (Å²) in [4.78, 5) is 21.7. The van der Waals surface area contributed by atoms with Gasteiger partial charge in [0.2, 0.25) is 5.95 Å². The van der Waals surface area contributed by atoms with Crippen molar-refractivity contribution in [2.45, 2.75) is 39.5 Å². The predicted molar refractivity (Wildman–Crippen MR) is 82.2 cm³/mol. The van der Waals surface area contributed by atoms with Gasteiger partial charge in [0.15, 0.2) is 0 Å². The van der Waals surface area contributed by atoms with Crippen molar-refractivity contribution in [2.75, 3.05) is 18.0 Å². The minimum Gasteiger partial charge on any atom is -0.342 e. The molecular weight excluding hydrogens is 341 g/mol. The van der Waals surface area contributed by atoms with E-state index in [1.165, 1.54) is 19.3 Å². The zero-order valence-electron chi connectivity index (χ0n) is 11.0. The summed E-state index contributed by atoms with van der Waals surface area (Å²) in [6, 6.07) is 0. The van der Waals surface area contributed by atoms with E-state index >= 15 is 0 Å². The van der Waals surface area contributed by atoms with Crippen LogP contribution < -0.4 is 10.5 Å². The van der Waals surface area contributed by atoms with Crippen LogP contribution in [0.1, 0.15) is 38.8 Å². The Morgan fingerprint density at radius 3 is 2.61 bits per heavy atom. The van der Waals surface area contributed by atoms with E-state index in [-0.39, 0.29) is 5.56 Å². The molecule has 0 aliphatic carbocycles. The van der Waals surface area contributed by atoms with Crippen LogP contribution in [0.3, 0.4) is 0 Å². The molecule has 1 fully saturated rings. The molecule has 1 aliphatic heterocycles. The summed E-state index contributed by atoms with van der Waals surface area (Å²) in [5, 5.41) is 0. The van der Waals surface area contributed by atoms with Crippen molar-refractivity contribution in [3.05, 3.63) is 19.6 Å². The number of piperidine rings is 1. The lowest BCUT2D eigenvalue weighted by Gasteiger charge is -2.27. The monoisotopic (exact) mass is 361 g/mol. The number of aromatic amines is 1. The van der Waals surface area contributed by atoms with Gasteiger partial charge in [-0.1, -0.05) is 13.8 Å². The quantitative estimate of drug-likeness (QED) is 0.842. The summed E-state index contributed by atoms with van der Waals surface area (Å²) < 4.78 is 0.738. The highest BCUT2D eigenvalue weighted by Crippen LogP contribution is 2.17. The molecule has 0 amide bonds. The first-order valence-electron chi connectivity index (χ1n) is 6.61. The molecule has 2 heterocycles. The summed E-state index contributed by atoms with van der Waals surface area (Å²) in [6.45, 7) is 6.31. The second kappa shape index (κ2) is 6.04. The number of hydrogen-bond acceptors (Lipinski definition) is 3. The minimum atomic E-state index is 0.00169. The third-order valence-corrected chi connectivity index (χ3v) is 4.29. The fourth-order valence-corrected chi connectivity index (χ4v) is 2.75. The van der Waals surface area contributed by atoms with Crippen molar-refractivity contribution < 1.29 is 0 Å². The van der Waals surface area contributed by atoms with Gasteiger partial charge < -0.3 is 4.90 Å². The van der Waals surface area contributed by atoms with E-state index in [9.17, 15) is 4.79 Å². The van der Waals surface area contributed by atoms with Crippen LogP contribution in [0.4, 0.5) is 5.95 Å². The average molecular weight is 361 g/mol. The number of aromatic nitrogens is 2. The molecule has 0 unspecified atom stereocenters. The van der Waals surface area contributed by atoms with E-state index in [4.69, 9.17) is 0 Å². The Morgan fingerprint density at radius 1 is 1.33 bits per heavy atom. The largest absolute Gasteiger partial charge is 0.342 e. The molecule has 0 bridgehead atoms. The molecule has 18 heavy (non-hydrogen) atoms. The zero-order valence-corrected chi connectivity index (χ0v) is 13.2. The molecule has 2 rings (SSSR count). The van der Waals surface area contributed by atoms with Crippen LogP contribution in [0.2, 0.25) is 0 Å². The summed E-state index contributed by atoms with van der Waals surface area (Å²) in [5.74, 6) is 1.28. The highest BCUT2D eigenvalue weighted by Gasteiger charge is 2.16. The van der Waals surface area contributed by atoms with Crippen molar-refractivity contribution in [2.24, 2.45) is 5.92 Å². The van der Waals surface area contributed by atoms with E-state index in [0.29, 0.717) is 5.92 Å². The smallest absolute Gasteiger partial charge is 0.266 e. The number of anilines is 1. The molecule has 4 nitrogen and oxygen atoms in total. The summed E-state index contributed by atoms with van der Waals surface area (Å²) in [5.41, 5.74) is 0.941. The fraction of sp³-hybridized carbons (Fsp3) is 0.692. The van der Waals surface area contributed by atoms with Gasteiger partial charge in [-0.2, -0.15) is 0 Å². The first-order valence-corrected chi connectivity index (χ1v) is 7.69. The Hall–Kier alpha value is -0.590. The predicted octanol–water partition coefficient (Wildman–Crippen LogP) is 2.56. The molecular formula is C13H20IN3O. The van der Waals surface area contributed by atoms with Crippen LogP contribution in [-0.2, 0) is 6.42 Å². The van der Waals surface area contributed by atoms with E-state index in [2.05, 4.69) is 51.3 Å². The molecule has 0 saturated carbocycles. The van der Waals surface area contributed by atoms with Crippen molar-refractivity contribution in [3.63, 3.8) is 0 Å². The van der Waals surface area contributed by atoms with Gasteiger partial charge in [-0.05, 0) is 54.2 Å². The maximum absolute atomic E-state index is 12.0. The molecule has 0 aromatic carbocycles. The first-order chi connectivity index (χ1) is 8.58. The third kappa shape index (κ3) is 3.24. The summed E-state index contributed by atoms with van der Waals surface area (Å²) in [7, 11) is 0. The second-order valence-electron chi connectivity index (χ2n) is 5.30. The average Bonchev–Trinajstić information content (AvgIpc) is 2.35. The zero-order chi connectivity index (χ0) is 13.1. The first kappa shape index (κ1) is 13.8. The third-order valence-electron chi connectivity index (χ3n) is 3.18. The molecule has 1 aromatic heterocycles. The minimum absolute atomic E-state index is 0.00169. The van der Waals surface area contributed by atoms with Gasteiger partial charge in [0.05, 0.1) is 9.26 Å². The van der Waals surface area contributed by atoms with E-state index in [1.54, 1.807) is 0 Å². The van der Waals surface area contributed by atoms with Gasteiger partial charge in [-0.3, -0.25) is 9.78 Å². The van der Waals surface area contributed by atoms with Gasteiger partial charge in [0.25, 0.3) is 5.56 Å². The van der Waals surface area contributed by atoms with Gasteiger partial charge in [-0.15, -0.1) is 0 Å². The molecule has 1 N–H and O–H groups in total. The van der Waals surface area contributed by atoms with Crippen molar-refractivity contribution in [1.82, 2.24) is 9.97 Å². The Balaban J connectivity index is 2.30. The molecule has 1 aromatic rings. The molecule has 1 saturated heterocycles. The van der Waals surface area contributed by atoms with Crippen LogP contribution in [0.5, 0.6) is 0 Å². The molecule has 100 valence electrons. The summed E-state index contributed by atoms with van der Waals surface area (Å²) >= 11 is 2.10. The Kier molecular flexibility index (Phi) is 4.64. The lowest BCUT2D eigenvalue weighted by molar-refractivity contribution is 0.563. The van der Waals surface area contributed by atoms with E-state index in [1.807, 2.05) is 0 Å². The number of nitrogens with one attached hydrogen (secondary N) is 1.